The molecule has 0 spiro atoms. The average Bonchev–Trinajstić information content (AvgIpc) is 2.46. The van der Waals surface area contributed by atoms with Gasteiger partial charge in [-0.1, -0.05) is 27.7 Å². The van der Waals surface area contributed by atoms with Gasteiger partial charge in [-0.3, -0.25) is 0 Å². The number of rotatable bonds is 1. The lowest BCUT2D eigenvalue weighted by Gasteiger charge is -2.34. The van der Waals surface area contributed by atoms with E-state index in [2.05, 4.69) is 37.7 Å². The summed E-state index contributed by atoms with van der Waals surface area (Å²) in [7, 11) is 0. The van der Waals surface area contributed by atoms with Crippen molar-refractivity contribution in [2.24, 2.45) is 10.8 Å². The molecule has 0 radical (unpaired) electrons. The highest BCUT2D eigenvalue weighted by Gasteiger charge is 2.49. The van der Waals surface area contributed by atoms with E-state index in [-0.39, 0.29) is 28.3 Å². The van der Waals surface area contributed by atoms with E-state index in [0.717, 1.165) is 0 Å². The normalized spacial score (nSPS) is 22.1. The minimum atomic E-state index is -4.50. The van der Waals surface area contributed by atoms with Crippen LogP contribution >= 0.6 is 0 Å². The molecule has 1 heterocycles. The molecule has 0 saturated heterocycles. The molecule has 0 aliphatic heterocycles. The number of halogens is 3. The fraction of sp³-hybridized carbons (Fsp3) is 0.714. The Balaban J connectivity index is 2.46. The van der Waals surface area contributed by atoms with Crippen molar-refractivity contribution in [3.8, 4) is 0 Å². The molecule has 3 nitrogen and oxygen atoms in total. The minimum absolute atomic E-state index is 0.0259. The van der Waals surface area contributed by atoms with Crippen molar-refractivity contribution in [3.05, 3.63) is 17.5 Å². The van der Waals surface area contributed by atoms with Crippen LogP contribution in [0.1, 0.15) is 57.7 Å². The van der Waals surface area contributed by atoms with Crippen LogP contribution in [0.3, 0.4) is 0 Å². The summed E-state index contributed by atoms with van der Waals surface area (Å²) in [5.41, 5.74) is 4.54. The Morgan fingerprint density at radius 1 is 1.15 bits per heavy atom. The molecule has 20 heavy (non-hydrogen) atoms. The molecule has 112 valence electrons. The van der Waals surface area contributed by atoms with E-state index < -0.39 is 11.9 Å². The van der Waals surface area contributed by atoms with E-state index in [1.165, 1.54) is 6.20 Å². The number of alkyl halides is 3. The maximum Gasteiger partial charge on any atom is 0.433 e. The quantitative estimate of drug-likeness (QED) is 0.849. The first kappa shape index (κ1) is 15.1. The Hall–Kier alpha value is -1.33. The third-order valence-electron chi connectivity index (χ3n) is 4.89. The zero-order valence-corrected chi connectivity index (χ0v) is 12.2. The van der Waals surface area contributed by atoms with E-state index >= 15 is 0 Å². The summed E-state index contributed by atoms with van der Waals surface area (Å²) in [6.45, 7) is 8.38. The first-order valence-electron chi connectivity index (χ1n) is 6.64. The van der Waals surface area contributed by atoms with Gasteiger partial charge in [-0.05, 0) is 29.6 Å². The first-order valence-corrected chi connectivity index (χ1v) is 6.64. The largest absolute Gasteiger partial charge is 0.433 e. The second kappa shape index (κ2) is 4.33. The highest BCUT2D eigenvalue weighted by Crippen LogP contribution is 2.58. The molecule has 1 aliphatic rings. The van der Waals surface area contributed by atoms with Gasteiger partial charge in [0.05, 0.1) is 0 Å². The summed E-state index contributed by atoms with van der Waals surface area (Å²) >= 11 is 0. The third-order valence-corrected chi connectivity index (χ3v) is 4.89. The van der Waals surface area contributed by atoms with Crippen LogP contribution in [0.15, 0.2) is 6.20 Å². The molecule has 0 unspecified atom stereocenters. The predicted molar refractivity (Wildman–Crippen MR) is 71.0 cm³/mol. The molecular weight excluding hydrogens is 267 g/mol. The fourth-order valence-corrected chi connectivity index (χ4v) is 3.01. The molecule has 6 heteroatoms. The smallest absolute Gasteiger partial charge is 0.368 e. The van der Waals surface area contributed by atoms with Gasteiger partial charge in [-0.2, -0.15) is 13.2 Å². The third kappa shape index (κ3) is 2.47. The molecule has 1 fully saturated rings. The van der Waals surface area contributed by atoms with Gasteiger partial charge in [0.25, 0.3) is 0 Å². The fourth-order valence-electron chi connectivity index (χ4n) is 3.01. The van der Waals surface area contributed by atoms with E-state index in [9.17, 15) is 13.2 Å². The van der Waals surface area contributed by atoms with Crippen molar-refractivity contribution < 1.29 is 13.2 Å². The Morgan fingerprint density at radius 2 is 1.65 bits per heavy atom. The van der Waals surface area contributed by atoms with Crippen LogP contribution in [0.25, 0.3) is 0 Å². The summed E-state index contributed by atoms with van der Waals surface area (Å²) in [5, 5.41) is 0. The van der Waals surface area contributed by atoms with Crippen LogP contribution in [0, 0.1) is 10.8 Å². The lowest BCUT2D eigenvalue weighted by molar-refractivity contribution is -0.142. The van der Waals surface area contributed by atoms with E-state index in [0.29, 0.717) is 12.8 Å². The molecule has 0 atom stereocenters. The molecule has 1 aromatic heterocycles. The second-order valence-electron chi connectivity index (χ2n) is 6.90. The minimum Gasteiger partial charge on any atom is -0.368 e. The Labute approximate surface area is 116 Å². The molecule has 2 rings (SSSR count). The van der Waals surface area contributed by atoms with Crippen LogP contribution in [-0.2, 0) is 6.18 Å². The zero-order valence-electron chi connectivity index (χ0n) is 12.2. The lowest BCUT2D eigenvalue weighted by Crippen LogP contribution is -2.25. The Morgan fingerprint density at radius 3 is 2.10 bits per heavy atom. The number of hydrogen-bond acceptors (Lipinski definition) is 3. The maximum absolute atomic E-state index is 13.1. The van der Waals surface area contributed by atoms with Gasteiger partial charge in [0.2, 0.25) is 5.95 Å². The summed E-state index contributed by atoms with van der Waals surface area (Å²) in [6, 6.07) is 0. The highest BCUT2D eigenvalue weighted by molar-refractivity contribution is 5.31. The molecule has 0 aromatic carbocycles. The van der Waals surface area contributed by atoms with Gasteiger partial charge < -0.3 is 5.73 Å². The molecule has 0 bridgehead atoms. The van der Waals surface area contributed by atoms with E-state index in [4.69, 9.17) is 5.73 Å². The second-order valence-corrected chi connectivity index (χ2v) is 6.90. The SMILES string of the molecule is CC1(C)CC(c2cnc(N)nc2C(F)(F)F)CC1(C)C. The monoisotopic (exact) mass is 287 g/mol. The summed E-state index contributed by atoms with van der Waals surface area (Å²) in [6.07, 6.45) is -1.87. The average molecular weight is 287 g/mol. The molecule has 2 N–H and O–H groups in total. The number of nitrogens with zero attached hydrogens (tertiary/aromatic N) is 2. The van der Waals surface area contributed by atoms with Crippen molar-refractivity contribution in [3.63, 3.8) is 0 Å². The highest BCUT2D eigenvalue weighted by atomic mass is 19.4. The van der Waals surface area contributed by atoms with Crippen LogP contribution in [0.2, 0.25) is 0 Å². The zero-order chi connectivity index (χ0) is 15.3. The molecule has 1 saturated carbocycles. The summed E-state index contributed by atoms with van der Waals surface area (Å²) in [5.74, 6) is -0.519. The summed E-state index contributed by atoms with van der Waals surface area (Å²) < 4.78 is 39.4. The molecule has 1 aliphatic carbocycles. The number of anilines is 1. The number of nitrogens with two attached hydrogens (primary N) is 1. The topological polar surface area (TPSA) is 51.8 Å². The number of hydrogen-bond donors (Lipinski definition) is 1. The van der Waals surface area contributed by atoms with Crippen molar-refractivity contribution >= 4 is 5.95 Å². The maximum atomic E-state index is 13.1. The van der Waals surface area contributed by atoms with Crippen LogP contribution in [0.5, 0.6) is 0 Å². The first-order chi connectivity index (χ1) is 8.94. The van der Waals surface area contributed by atoms with Gasteiger partial charge in [0.15, 0.2) is 5.69 Å². The van der Waals surface area contributed by atoms with E-state index in [1.54, 1.807) is 0 Å². The van der Waals surface area contributed by atoms with Crippen molar-refractivity contribution in [1.29, 1.82) is 0 Å². The predicted octanol–water partition coefficient (Wildman–Crippen LogP) is 4.01. The lowest BCUT2D eigenvalue weighted by atomic mass is 9.71. The van der Waals surface area contributed by atoms with Gasteiger partial charge in [-0.15, -0.1) is 0 Å². The molecule has 1 aromatic rings. The van der Waals surface area contributed by atoms with Gasteiger partial charge in [0, 0.05) is 11.8 Å². The summed E-state index contributed by atoms with van der Waals surface area (Å²) in [4.78, 5) is 7.19. The number of aromatic nitrogens is 2. The van der Waals surface area contributed by atoms with Crippen LogP contribution < -0.4 is 5.73 Å². The number of nitrogen functional groups attached to an aromatic ring is 1. The van der Waals surface area contributed by atoms with Gasteiger partial charge in [0.1, 0.15) is 0 Å². The van der Waals surface area contributed by atoms with Crippen LogP contribution in [0.4, 0.5) is 19.1 Å². The van der Waals surface area contributed by atoms with Crippen molar-refractivity contribution in [1.82, 2.24) is 9.97 Å². The molecule has 0 amide bonds. The van der Waals surface area contributed by atoms with E-state index in [1.807, 2.05) is 0 Å². The van der Waals surface area contributed by atoms with Crippen molar-refractivity contribution in [2.45, 2.75) is 52.6 Å². The Bertz CT molecular complexity index is 505. The molecular formula is C14H20F3N3. The van der Waals surface area contributed by atoms with Gasteiger partial charge >= 0.3 is 6.18 Å². The Kier molecular flexibility index (Phi) is 3.26. The van der Waals surface area contributed by atoms with Crippen molar-refractivity contribution in [2.75, 3.05) is 5.73 Å². The van der Waals surface area contributed by atoms with Gasteiger partial charge in [-0.25, -0.2) is 9.97 Å². The standard InChI is InChI=1S/C14H20F3N3/c1-12(2)5-8(6-13(12,3)4)9-7-19-11(18)20-10(9)14(15,16)17/h7-8H,5-6H2,1-4H3,(H2,18,19,20). The van der Waals surface area contributed by atoms with Crippen LogP contribution in [-0.4, -0.2) is 9.97 Å².